The second-order valence-corrected chi connectivity index (χ2v) is 6.13. The van der Waals surface area contributed by atoms with E-state index in [2.05, 4.69) is 30.5 Å². The van der Waals surface area contributed by atoms with Crippen molar-refractivity contribution in [3.8, 4) is 0 Å². The minimum atomic E-state index is -0.510. The first-order chi connectivity index (χ1) is 10.9. The van der Waals surface area contributed by atoms with Gasteiger partial charge in [0.1, 0.15) is 5.82 Å². The molecule has 0 aromatic heterocycles. The number of para-hydroxylation sites is 1. The molecule has 0 atom stereocenters. The van der Waals surface area contributed by atoms with E-state index in [4.69, 9.17) is 11.6 Å². The number of anilines is 2. The maximum Gasteiger partial charge on any atom is 0.243 e. The zero-order valence-electron chi connectivity index (χ0n) is 13.4. The summed E-state index contributed by atoms with van der Waals surface area (Å²) in [5, 5.41) is 5.87. The molecule has 0 fully saturated rings. The summed E-state index contributed by atoms with van der Waals surface area (Å²) in [6, 6.07) is 10.2. The maximum absolute atomic E-state index is 13.1. The monoisotopic (exact) mass is 334 g/mol. The van der Waals surface area contributed by atoms with Gasteiger partial charge in [0.2, 0.25) is 5.91 Å². The third-order valence-corrected chi connectivity index (χ3v) is 3.85. The molecule has 0 aliphatic heterocycles. The lowest BCUT2D eigenvalue weighted by Crippen LogP contribution is -2.22. The highest BCUT2D eigenvalue weighted by atomic mass is 35.5. The molecule has 0 saturated carbocycles. The van der Waals surface area contributed by atoms with E-state index >= 15 is 0 Å². The molecule has 2 aromatic carbocycles. The van der Waals surface area contributed by atoms with Gasteiger partial charge in [0, 0.05) is 11.4 Å². The van der Waals surface area contributed by atoms with Crippen molar-refractivity contribution in [2.45, 2.75) is 26.7 Å². The van der Waals surface area contributed by atoms with Crippen LogP contribution in [-0.4, -0.2) is 12.5 Å². The molecule has 1 amide bonds. The fraction of sp³-hybridized carbons (Fsp3) is 0.278. The quantitative estimate of drug-likeness (QED) is 0.811. The van der Waals surface area contributed by atoms with E-state index in [0.29, 0.717) is 11.6 Å². The van der Waals surface area contributed by atoms with Crippen LogP contribution in [0.25, 0.3) is 0 Å². The summed E-state index contributed by atoms with van der Waals surface area (Å²) in [4.78, 5) is 12.1. The van der Waals surface area contributed by atoms with Gasteiger partial charge >= 0.3 is 0 Å². The van der Waals surface area contributed by atoms with Crippen LogP contribution in [0.15, 0.2) is 36.4 Å². The van der Waals surface area contributed by atoms with Gasteiger partial charge in [-0.25, -0.2) is 4.39 Å². The number of carbonyl (C=O) groups is 1. The van der Waals surface area contributed by atoms with Crippen LogP contribution in [0.1, 0.15) is 30.9 Å². The molecule has 2 aromatic rings. The molecule has 0 spiro atoms. The van der Waals surface area contributed by atoms with Gasteiger partial charge in [0.25, 0.3) is 0 Å². The van der Waals surface area contributed by atoms with Gasteiger partial charge in [-0.2, -0.15) is 0 Å². The molecule has 0 aliphatic carbocycles. The SMILES string of the molecule is Cc1cccc(C(C)C)c1NCC(=O)Nc1ccc(F)c(Cl)c1. The van der Waals surface area contributed by atoms with Crippen molar-refractivity contribution < 1.29 is 9.18 Å². The molecule has 0 radical (unpaired) electrons. The molecular weight excluding hydrogens is 315 g/mol. The van der Waals surface area contributed by atoms with Gasteiger partial charge in [0.15, 0.2) is 0 Å². The standard InChI is InChI=1S/C18H20ClFN2O/c1-11(2)14-6-4-5-12(3)18(14)21-10-17(23)22-13-7-8-16(20)15(19)9-13/h4-9,11,21H,10H2,1-3H3,(H,22,23). The summed E-state index contributed by atoms with van der Waals surface area (Å²) in [7, 11) is 0. The van der Waals surface area contributed by atoms with Crippen LogP contribution in [0.3, 0.4) is 0 Å². The van der Waals surface area contributed by atoms with Crippen molar-refractivity contribution in [1.82, 2.24) is 0 Å². The molecule has 3 nitrogen and oxygen atoms in total. The number of hydrogen-bond acceptors (Lipinski definition) is 2. The minimum Gasteiger partial charge on any atom is -0.376 e. The predicted octanol–water partition coefficient (Wildman–Crippen LogP) is 4.96. The summed E-state index contributed by atoms with van der Waals surface area (Å²) < 4.78 is 13.1. The number of benzene rings is 2. The normalized spacial score (nSPS) is 10.7. The first kappa shape index (κ1) is 17.3. The highest BCUT2D eigenvalue weighted by Crippen LogP contribution is 2.27. The highest BCUT2D eigenvalue weighted by Gasteiger charge is 2.11. The maximum atomic E-state index is 13.1. The molecule has 122 valence electrons. The van der Waals surface area contributed by atoms with Crippen molar-refractivity contribution in [3.63, 3.8) is 0 Å². The molecule has 0 aliphatic rings. The Labute approximate surface area is 140 Å². The van der Waals surface area contributed by atoms with E-state index in [1.165, 1.54) is 23.8 Å². The van der Waals surface area contributed by atoms with Crippen LogP contribution >= 0.6 is 11.6 Å². The molecule has 0 saturated heterocycles. The number of rotatable bonds is 5. The summed E-state index contributed by atoms with van der Waals surface area (Å²) in [5.41, 5.74) is 3.71. The summed E-state index contributed by atoms with van der Waals surface area (Å²) in [6.07, 6.45) is 0. The summed E-state index contributed by atoms with van der Waals surface area (Å²) in [6.45, 7) is 6.35. The molecule has 23 heavy (non-hydrogen) atoms. The Morgan fingerprint density at radius 1 is 1.26 bits per heavy atom. The van der Waals surface area contributed by atoms with E-state index in [1.54, 1.807) is 0 Å². The zero-order valence-corrected chi connectivity index (χ0v) is 14.2. The number of hydrogen-bond donors (Lipinski definition) is 2. The Morgan fingerprint density at radius 2 is 2.00 bits per heavy atom. The number of aryl methyl sites for hydroxylation is 1. The van der Waals surface area contributed by atoms with Crippen LogP contribution in [-0.2, 0) is 4.79 Å². The lowest BCUT2D eigenvalue weighted by molar-refractivity contribution is -0.114. The predicted molar refractivity (Wildman–Crippen MR) is 93.8 cm³/mol. The first-order valence-electron chi connectivity index (χ1n) is 7.46. The van der Waals surface area contributed by atoms with Gasteiger partial charge in [-0.1, -0.05) is 43.6 Å². The van der Waals surface area contributed by atoms with Gasteiger partial charge in [0.05, 0.1) is 11.6 Å². The number of halogens is 2. The lowest BCUT2D eigenvalue weighted by Gasteiger charge is -2.17. The van der Waals surface area contributed by atoms with E-state index < -0.39 is 5.82 Å². The lowest BCUT2D eigenvalue weighted by atomic mass is 9.98. The highest BCUT2D eigenvalue weighted by molar-refractivity contribution is 6.31. The van der Waals surface area contributed by atoms with Crippen molar-refractivity contribution >= 4 is 28.9 Å². The molecule has 2 rings (SSSR count). The van der Waals surface area contributed by atoms with Crippen molar-refractivity contribution in [2.75, 3.05) is 17.2 Å². The van der Waals surface area contributed by atoms with Crippen molar-refractivity contribution in [1.29, 1.82) is 0 Å². The first-order valence-corrected chi connectivity index (χ1v) is 7.84. The summed E-state index contributed by atoms with van der Waals surface area (Å²) >= 11 is 5.70. The van der Waals surface area contributed by atoms with Gasteiger partial charge < -0.3 is 10.6 Å². The van der Waals surface area contributed by atoms with Crippen molar-refractivity contribution in [3.05, 3.63) is 58.4 Å². The van der Waals surface area contributed by atoms with E-state index in [1.807, 2.05) is 19.1 Å². The van der Waals surface area contributed by atoms with Crippen LogP contribution in [0, 0.1) is 12.7 Å². The second kappa shape index (κ2) is 7.47. The van der Waals surface area contributed by atoms with E-state index in [9.17, 15) is 9.18 Å². The van der Waals surface area contributed by atoms with Crippen LogP contribution < -0.4 is 10.6 Å². The Kier molecular flexibility index (Phi) is 5.61. The van der Waals surface area contributed by atoms with Gasteiger partial charge in [-0.05, 0) is 42.2 Å². The Balaban J connectivity index is 2.03. The molecule has 5 heteroatoms. The fourth-order valence-electron chi connectivity index (χ4n) is 2.36. The third-order valence-electron chi connectivity index (χ3n) is 3.56. The number of amides is 1. The summed E-state index contributed by atoms with van der Waals surface area (Å²) in [5.74, 6) is -0.369. The molecular formula is C18H20ClFN2O. The number of carbonyl (C=O) groups excluding carboxylic acids is 1. The Bertz CT molecular complexity index is 716. The van der Waals surface area contributed by atoms with Crippen LogP contribution in [0.4, 0.5) is 15.8 Å². The van der Waals surface area contributed by atoms with Crippen LogP contribution in [0.5, 0.6) is 0 Å². The zero-order chi connectivity index (χ0) is 17.0. The second-order valence-electron chi connectivity index (χ2n) is 5.72. The van der Waals surface area contributed by atoms with E-state index in [-0.39, 0.29) is 17.5 Å². The number of nitrogens with one attached hydrogen (secondary N) is 2. The average Bonchev–Trinajstić information content (AvgIpc) is 2.49. The molecule has 0 bridgehead atoms. The van der Waals surface area contributed by atoms with Gasteiger partial charge in [-0.15, -0.1) is 0 Å². The van der Waals surface area contributed by atoms with Crippen LogP contribution in [0.2, 0.25) is 5.02 Å². The minimum absolute atomic E-state index is 0.0169. The largest absolute Gasteiger partial charge is 0.376 e. The van der Waals surface area contributed by atoms with Gasteiger partial charge in [-0.3, -0.25) is 4.79 Å². The molecule has 0 heterocycles. The van der Waals surface area contributed by atoms with E-state index in [0.717, 1.165) is 11.3 Å². The third kappa shape index (κ3) is 4.45. The smallest absolute Gasteiger partial charge is 0.243 e. The Hall–Kier alpha value is -2.07. The Morgan fingerprint density at radius 3 is 2.65 bits per heavy atom. The van der Waals surface area contributed by atoms with Crippen molar-refractivity contribution in [2.24, 2.45) is 0 Å². The fourth-order valence-corrected chi connectivity index (χ4v) is 2.54. The topological polar surface area (TPSA) is 41.1 Å². The molecule has 0 unspecified atom stereocenters. The average molecular weight is 335 g/mol. The molecule has 2 N–H and O–H groups in total.